The maximum atomic E-state index is 4.94. The molecule has 0 heterocycles. The monoisotopic (exact) mass is 173 g/mol. The summed E-state index contributed by atoms with van der Waals surface area (Å²) in [5.41, 5.74) is 0. The first-order valence-corrected chi connectivity index (χ1v) is 4.12. The highest BCUT2D eigenvalue weighted by molar-refractivity contribution is 5.72. The largest absolute Gasteiger partial charge is 0.397 e. The summed E-state index contributed by atoms with van der Waals surface area (Å²) in [6.07, 6.45) is 1.02. The number of hydrogen-bond acceptors (Lipinski definition) is 4. The van der Waals surface area contributed by atoms with Gasteiger partial charge in [-0.05, 0) is 34.0 Å². The van der Waals surface area contributed by atoms with Gasteiger partial charge in [0, 0.05) is 6.92 Å². The van der Waals surface area contributed by atoms with E-state index < -0.39 is 0 Å². The first kappa shape index (κ1) is 11.4. The van der Waals surface area contributed by atoms with Crippen LogP contribution in [0.25, 0.3) is 0 Å². The summed E-state index contributed by atoms with van der Waals surface area (Å²) < 4.78 is 0. The number of rotatable bonds is 4. The lowest BCUT2D eigenvalue weighted by Crippen LogP contribution is -2.18. The second-order valence-electron chi connectivity index (χ2n) is 3.21. The summed E-state index contributed by atoms with van der Waals surface area (Å²) in [7, 11) is 4.09. The van der Waals surface area contributed by atoms with Crippen LogP contribution in [-0.4, -0.2) is 37.5 Å². The molecule has 0 aromatic rings. The van der Waals surface area contributed by atoms with Gasteiger partial charge in [0.05, 0.1) is 6.04 Å². The fraction of sp³-hybridized carbons (Fsp3) is 0.875. The predicted molar refractivity (Wildman–Crippen MR) is 51.0 cm³/mol. The molecule has 0 amide bonds. The number of aliphatic imine (C=N–C) groups is 1. The smallest absolute Gasteiger partial charge is 0.206 e. The molecule has 0 saturated carbocycles. The van der Waals surface area contributed by atoms with Crippen molar-refractivity contribution in [3.8, 4) is 0 Å². The molecule has 1 atom stereocenters. The molecule has 0 spiro atoms. The third-order valence-corrected chi connectivity index (χ3v) is 1.57. The third kappa shape index (κ3) is 6.12. The van der Waals surface area contributed by atoms with Crippen LogP contribution in [-0.2, 0) is 4.84 Å². The van der Waals surface area contributed by atoms with Crippen LogP contribution in [0.4, 0.5) is 0 Å². The molecular formula is C8H19N3O. The van der Waals surface area contributed by atoms with Crippen molar-refractivity contribution in [2.24, 2.45) is 10.9 Å². The van der Waals surface area contributed by atoms with Crippen LogP contribution in [0.2, 0.25) is 0 Å². The van der Waals surface area contributed by atoms with Crippen LogP contribution in [0.5, 0.6) is 0 Å². The highest BCUT2D eigenvalue weighted by atomic mass is 16.6. The minimum absolute atomic E-state index is 0.274. The zero-order valence-electron chi connectivity index (χ0n) is 8.37. The maximum absolute atomic E-state index is 4.94. The lowest BCUT2D eigenvalue weighted by atomic mass is 10.2. The Kier molecular flexibility index (Phi) is 5.66. The molecule has 0 aliphatic rings. The molecule has 0 rings (SSSR count). The minimum Gasteiger partial charge on any atom is -0.397 e. The van der Waals surface area contributed by atoms with E-state index >= 15 is 0 Å². The molecule has 0 bridgehead atoms. The molecule has 4 nitrogen and oxygen atoms in total. The Morgan fingerprint density at radius 3 is 2.58 bits per heavy atom. The van der Waals surface area contributed by atoms with E-state index in [9.17, 15) is 0 Å². The van der Waals surface area contributed by atoms with Crippen molar-refractivity contribution in [3.63, 3.8) is 0 Å². The highest BCUT2D eigenvalue weighted by Crippen LogP contribution is 1.98. The highest BCUT2D eigenvalue weighted by Gasteiger charge is 2.00. The average molecular weight is 173 g/mol. The molecule has 0 saturated heterocycles. The van der Waals surface area contributed by atoms with Crippen molar-refractivity contribution in [1.82, 2.24) is 4.90 Å². The van der Waals surface area contributed by atoms with Gasteiger partial charge in [-0.1, -0.05) is 0 Å². The molecule has 0 aliphatic heterocycles. The van der Waals surface area contributed by atoms with Gasteiger partial charge in [0.25, 0.3) is 0 Å². The standard InChI is InChI=1S/C8H19N3O/c1-7(5-6-11(3)4)10-8(2)12-9/h7H,5-6,9H2,1-4H3. The molecule has 0 aromatic heterocycles. The molecule has 0 fully saturated rings. The molecule has 0 aromatic carbocycles. The SMILES string of the molecule is CC(=NC(C)CCN(C)C)ON. The van der Waals surface area contributed by atoms with Crippen molar-refractivity contribution >= 4 is 5.90 Å². The Morgan fingerprint density at radius 1 is 1.58 bits per heavy atom. The summed E-state index contributed by atoms with van der Waals surface area (Å²) >= 11 is 0. The molecule has 2 N–H and O–H groups in total. The number of hydrogen-bond donors (Lipinski definition) is 1. The second-order valence-corrected chi connectivity index (χ2v) is 3.21. The molecule has 0 aliphatic carbocycles. The molecule has 72 valence electrons. The van der Waals surface area contributed by atoms with Gasteiger partial charge in [-0.25, -0.2) is 0 Å². The molecule has 4 heteroatoms. The van der Waals surface area contributed by atoms with Crippen LogP contribution >= 0.6 is 0 Å². The van der Waals surface area contributed by atoms with Gasteiger partial charge in [-0.2, -0.15) is 5.90 Å². The van der Waals surface area contributed by atoms with E-state index in [-0.39, 0.29) is 6.04 Å². The van der Waals surface area contributed by atoms with Gasteiger partial charge in [0.1, 0.15) is 0 Å². The quantitative estimate of drug-likeness (QED) is 0.385. The first-order chi connectivity index (χ1) is 5.56. The van der Waals surface area contributed by atoms with Crippen LogP contribution < -0.4 is 5.90 Å². The lowest BCUT2D eigenvalue weighted by molar-refractivity contribution is 0.312. The molecular weight excluding hydrogens is 154 g/mol. The van der Waals surface area contributed by atoms with E-state index in [1.165, 1.54) is 0 Å². The second kappa shape index (κ2) is 5.97. The van der Waals surface area contributed by atoms with Gasteiger partial charge >= 0.3 is 0 Å². The lowest BCUT2D eigenvalue weighted by Gasteiger charge is -2.12. The Labute approximate surface area is 74.4 Å². The summed E-state index contributed by atoms with van der Waals surface area (Å²) in [6, 6.07) is 0.274. The van der Waals surface area contributed by atoms with Crippen LogP contribution in [0, 0.1) is 0 Å². The van der Waals surface area contributed by atoms with Gasteiger partial charge in [-0.15, -0.1) is 0 Å². The summed E-state index contributed by atoms with van der Waals surface area (Å²) in [5, 5.41) is 0. The number of nitrogens with two attached hydrogens (primary N) is 1. The van der Waals surface area contributed by atoms with E-state index in [0.29, 0.717) is 5.90 Å². The van der Waals surface area contributed by atoms with Crippen molar-refractivity contribution in [2.75, 3.05) is 20.6 Å². The first-order valence-electron chi connectivity index (χ1n) is 4.12. The van der Waals surface area contributed by atoms with E-state index in [1.54, 1.807) is 6.92 Å². The molecule has 1 unspecified atom stereocenters. The van der Waals surface area contributed by atoms with Gasteiger partial charge in [0.2, 0.25) is 5.90 Å². The zero-order chi connectivity index (χ0) is 9.56. The van der Waals surface area contributed by atoms with E-state index in [0.717, 1.165) is 13.0 Å². The third-order valence-electron chi connectivity index (χ3n) is 1.57. The average Bonchev–Trinajstić information content (AvgIpc) is 2.00. The fourth-order valence-corrected chi connectivity index (χ4v) is 0.850. The predicted octanol–water partition coefficient (Wildman–Crippen LogP) is 0.635. The Morgan fingerprint density at radius 2 is 2.17 bits per heavy atom. The number of nitrogens with zero attached hydrogens (tertiary/aromatic N) is 2. The van der Waals surface area contributed by atoms with Crippen molar-refractivity contribution in [1.29, 1.82) is 0 Å². The normalized spacial score (nSPS) is 15.0. The molecule has 12 heavy (non-hydrogen) atoms. The minimum atomic E-state index is 0.274. The van der Waals surface area contributed by atoms with E-state index in [4.69, 9.17) is 5.90 Å². The van der Waals surface area contributed by atoms with E-state index in [2.05, 4.69) is 14.7 Å². The van der Waals surface area contributed by atoms with Crippen molar-refractivity contribution in [3.05, 3.63) is 0 Å². The zero-order valence-corrected chi connectivity index (χ0v) is 8.37. The summed E-state index contributed by atoms with van der Waals surface area (Å²) in [4.78, 5) is 10.8. The Hall–Kier alpha value is -0.610. The van der Waals surface area contributed by atoms with Crippen molar-refractivity contribution in [2.45, 2.75) is 26.3 Å². The Bertz CT molecular complexity index is 145. The maximum Gasteiger partial charge on any atom is 0.206 e. The molecule has 0 radical (unpaired) electrons. The van der Waals surface area contributed by atoms with Gasteiger partial charge in [-0.3, -0.25) is 4.99 Å². The fourth-order valence-electron chi connectivity index (χ4n) is 0.850. The summed E-state index contributed by atoms with van der Waals surface area (Å²) in [5.74, 6) is 5.48. The van der Waals surface area contributed by atoms with Crippen LogP contribution in [0.1, 0.15) is 20.3 Å². The topological polar surface area (TPSA) is 50.8 Å². The summed E-state index contributed by atoms with van der Waals surface area (Å²) in [6.45, 7) is 4.83. The van der Waals surface area contributed by atoms with Gasteiger partial charge in [0.15, 0.2) is 0 Å². The van der Waals surface area contributed by atoms with Crippen LogP contribution in [0.3, 0.4) is 0 Å². The van der Waals surface area contributed by atoms with E-state index in [1.807, 2.05) is 21.0 Å². The van der Waals surface area contributed by atoms with Crippen molar-refractivity contribution < 1.29 is 4.84 Å². The van der Waals surface area contributed by atoms with Gasteiger partial charge < -0.3 is 9.74 Å². The Balaban J connectivity index is 3.65. The van der Waals surface area contributed by atoms with Crippen LogP contribution in [0.15, 0.2) is 4.99 Å².